The van der Waals surface area contributed by atoms with Gasteiger partial charge in [0.1, 0.15) is 17.6 Å². The largest absolute Gasteiger partial charge is 0.497 e. The fraction of sp³-hybridized carbons (Fsp3) is 0.647. The number of ether oxygens (including phenoxy) is 2. The number of halogens is 2. The summed E-state index contributed by atoms with van der Waals surface area (Å²) in [7, 11) is 1.67. The molecule has 0 aromatic heterocycles. The van der Waals surface area contributed by atoms with Crippen LogP contribution < -0.4 is 9.47 Å². The topological polar surface area (TPSA) is 18.5 Å². The molecular formula is C17H22BrClO2. The van der Waals surface area contributed by atoms with Gasteiger partial charge in [-0.1, -0.05) is 25.7 Å². The van der Waals surface area contributed by atoms with Crippen molar-refractivity contribution in [3.63, 3.8) is 0 Å². The number of benzene rings is 1. The average Bonchev–Trinajstić information content (AvgIpc) is 2.76. The average molecular weight is 374 g/mol. The maximum absolute atomic E-state index is 6.59. The van der Waals surface area contributed by atoms with E-state index in [1.165, 1.54) is 38.5 Å². The van der Waals surface area contributed by atoms with Crippen molar-refractivity contribution < 1.29 is 9.47 Å². The molecule has 2 nitrogen and oxygen atoms in total. The SMILES string of the molecule is COc1ccc(OC2CC(Cl)C23CCCCCC3)c(Br)c1. The Balaban J connectivity index is 1.75. The summed E-state index contributed by atoms with van der Waals surface area (Å²) in [5.74, 6) is 1.73. The van der Waals surface area contributed by atoms with Crippen LogP contribution in [0.5, 0.6) is 11.5 Å². The van der Waals surface area contributed by atoms with Crippen molar-refractivity contribution in [2.75, 3.05) is 7.11 Å². The first-order valence-electron chi connectivity index (χ1n) is 7.80. The minimum Gasteiger partial charge on any atom is -0.497 e. The Labute approximate surface area is 140 Å². The van der Waals surface area contributed by atoms with Crippen molar-refractivity contribution in [1.82, 2.24) is 0 Å². The van der Waals surface area contributed by atoms with Crippen molar-refractivity contribution in [1.29, 1.82) is 0 Å². The van der Waals surface area contributed by atoms with Gasteiger partial charge in [-0.3, -0.25) is 0 Å². The van der Waals surface area contributed by atoms with Gasteiger partial charge in [0.15, 0.2) is 0 Å². The van der Waals surface area contributed by atoms with Crippen LogP contribution in [-0.4, -0.2) is 18.6 Å². The molecule has 1 aromatic rings. The third kappa shape index (κ3) is 2.92. The van der Waals surface area contributed by atoms with Crippen LogP contribution >= 0.6 is 27.5 Å². The molecule has 1 aromatic carbocycles. The van der Waals surface area contributed by atoms with Gasteiger partial charge in [0.05, 0.1) is 11.6 Å². The maximum Gasteiger partial charge on any atom is 0.134 e. The van der Waals surface area contributed by atoms with E-state index in [1.807, 2.05) is 18.2 Å². The highest BCUT2D eigenvalue weighted by molar-refractivity contribution is 9.10. The van der Waals surface area contributed by atoms with Crippen molar-refractivity contribution in [3.05, 3.63) is 22.7 Å². The van der Waals surface area contributed by atoms with Crippen LogP contribution in [-0.2, 0) is 0 Å². The maximum atomic E-state index is 6.59. The molecule has 21 heavy (non-hydrogen) atoms. The smallest absolute Gasteiger partial charge is 0.134 e. The van der Waals surface area contributed by atoms with Crippen LogP contribution in [0.1, 0.15) is 44.9 Å². The second-order valence-corrected chi connectivity index (χ2v) is 7.63. The zero-order valence-corrected chi connectivity index (χ0v) is 14.8. The molecule has 0 saturated heterocycles. The summed E-state index contributed by atoms with van der Waals surface area (Å²) in [6.07, 6.45) is 8.87. The van der Waals surface area contributed by atoms with Gasteiger partial charge in [0.25, 0.3) is 0 Å². The molecule has 2 saturated carbocycles. The Morgan fingerprint density at radius 2 is 1.90 bits per heavy atom. The summed E-state index contributed by atoms with van der Waals surface area (Å²) in [5.41, 5.74) is 0.192. The van der Waals surface area contributed by atoms with Crippen LogP contribution in [0.4, 0.5) is 0 Å². The van der Waals surface area contributed by atoms with E-state index in [0.717, 1.165) is 22.4 Å². The Hall–Kier alpha value is -0.410. The molecule has 0 radical (unpaired) electrons. The van der Waals surface area contributed by atoms with E-state index in [9.17, 15) is 0 Å². The molecule has 2 aliphatic rings. The normalized spacial score (nSPS) is 27.8. The molecule has 0 N–H and O–H groups in total. The van der Waals surface area contributed by atoms with Crippen molar-refractivity contribution in [2.24, 2.45) is 5.41 Å². The third-order valence-electron chi connectivity index (χ3n) is 5.13. The summed E-state index contributed by atoms with van der Waals surface area (Å²) in [4.78, 5) is 0. The number of hydrogen-bond acceptors (Lipinski definition) is 2. The van der Waals surface area contributed by atoms with Crippen LogP contribution in [0.15, 0.2) is 22.7 Å². The van der Waals surface area contributed by atoms with Gasteiger partial charge < -0.3 is 9.47 Å². The standard InChI is InChI=1S/C17H22BrClO2/c1-20-12-6-7-14(13(18)10-12)21-16-11-15(19)17(16)8-4-2-3-5-9-17/h6-7,10,15-16H,2-5,8-9,11H2,1H3. The Bertz CT molecular complexity index is 498. The molecule has 2 unspecified atom stereocenters. The molecule has 0 bridgehead atoms. The number of rotatable bonds is 3. The van der Waals surface area contributed by atoms with E-state index in [-0.39, 0.29) is 16.9 Å². The fourth-order valence-electron chi connectivity index (χ4n) is 3.74. The van der Waals surface area contributed by atoms with E-state index < -0.39 is 0 Å². The highest BCUT2D eigenvalue weighted by Crippen LogP contribution is 2.55. The lowest BCUT2D eigenvalue weighted by molar-refractivity contribution is -0.0516. The monoisotopic (exact) mass is 372 g/mol. The summed E-state index contributed by atoms with van der Waals surface area (Å²) >= 11 is 10.2. The Morgan fingerprint density at radius 3 is 2.48 bits per heavy atom. The second-order valence-electron chi connectivity index (χ2n) is 6.25. The van der Waals surface area contributed by atoms with Crippen LogP contribution in [0.3, 0.4) is 0 Å². The van der Waals surface area contributed by atoms with Crippen molar-refractivity contribution in [2.45, 2.75) is 56.4 Å². The molecule has 0 amide bonds. The van der Waals surface area contributed by atoms with Gasteiger partial charge in [-0.05, 0) is 47.0 Å². The molecule has 2 fully saturated rings. The highest BCUT2D eigenvalue weighted by atomic mass is 79.9. The van der Waals surface area contributed by atoms with Gasteiger partial charge in [0, 0.05) is 17.2 Å². The summed E-state index contributed by atoms with van der Waals surface area (Å²) in [6.45, 7) is 0. The van der Waals surface area contributed by atoms with Crippen LogP contribution in [0.2, 0.25) is 0 Å². The lowest BCUT2D eigenvalue weighted by atomic mass is 9.61. The molecular weight excluding hydrogens is 352 g/mol. The molecule has 1 spiro atoms. The van der Waals surface area contributed by atoms with E-state index in [1.54, 1.807) is 7.11 Å². The fourth-order valence-corrected chi connectivity index (χ4v) is 4.72. The van der Waals surface area contributed by atoms with Crippen molar-refractivity contribution in [3.8, 4) is 11.5 Å². The molecule has 116 valence electrons. The first-order valence-corrected chi connectivity index (χ1v) is 9.03. The number of hydrogen-bond donors (Lipinski definition) is 0. The summed E-state index contributed by atoms with van der Waals surface area (Å²) < 4.78 is 12.5. The predicted molar refractivity (Wildman–Crippen MR) is 89.5 cm³/mol. The predicted octanol–water partition coefficient (Wildman–Crippen LogP) is 5.56. The number of alkyl halides is 1. The van der Waals surface area contributed by atoms with Crippen LogP contribution in [0.25, 0.3) is 0 Å². The lowest BCUT2D eigenvalue weighted by Crippen LogP contribution is -2.57. The molecule has 0 heterocycles. The van der Waals surface area contributed by atoms with Gasteiger partial charge in [-0.2, -0.15) is 0 Å². The van der Waals surface area contributed by atoms with Gasteiger partial charge in [0.2, 0.25) is 0 Å². The Kier molecular flexibility index (Phi) is 4.70. The molecule has 2 aliphatic carbocycles. The molecule has 0 aliphatic heterocycles. The lowest BCUT2D eigenvalue weighted by Gasteiger charge is -2.53. The third-order valence-corrected chi connectivity index (χ3v) is 6.36. The van der Waals surface area contributed by atoms with Gasteiger partial charge >= 0.3 is 0 Å². The van der Waals surface area contributed by atoms with E-state index in [0.29, 0.717) is 0 Å². The quantitative estimate of drug-likeness (QED) is 0.646. The minimum absolute atomic E-state index is 0.192. The summed E-state index contributed by atoms with van der Waals surface area (Å²) in [6, 6.07) is 5.87. The first-order chi connectivity index (χ1) is 10.2. The first kappa shape index (κ1) is 15.5. The highest BCUT2D eigenvalue weighted by Gasteiger charge is 2.55. The second kappa shape index (κ2) is 6.37. The zero-order valence-electron chi connectivity index (χ0n) is 12.4. The molecule has 2 atom stereocenters. The van der Waals surface area contributed by atoms with E-state index >= 15 is 0 Å². The van der Waals surface area contributed by atoms with Crippen LogP contribution in [0, 0.1) is 5.41 Å². The Morgan fingerprint density at radius 1 is 1.19 bits per heavy atom. The van der Waals surface area contributed by atoms with E-state index in [4.69, 9.17) is 21.1 Å². The minimum atomic E-state index is 0.192. The van der Waals surface area contributed by atoms with Crippen molar-refractivity contribution >= 4 is 27.5 Å². The van der Waals surface area contributed by atoms with E-state index in [2.05, 4.69) is 15.9 Å². The molecule has 4 heteroatoms. The zero-order chi connectivity index (χ0) is 14.9. The van der Waals surface area contributed by atoms with Gasteiger partial charge in [-0.15, -0.1) is 11.6 Å². The number of methoxy groups -OCH3 is 1. The molecule has 3 rings (SSSR count). The summed E-state index contributed by atoms with van der Waals surface area (Å²) in [5, 5.41) is 0.276. The van der Waals surface area contributed by atoms with Gasteiger partial charge in [-0.25, -0.2) is 0 Å².